The molecule has 0 aliphatic carbocycles. The van der Waals surface area contributed by atoms with E-state index in [1.54, 1.807) is 0 Å². The number of carbonyl (C=O) groups excluding carboxylic acids is 1. The van der Waals surface area contributed by atoms with Gasteiger partial charge in [-0.05, 0) is 10.4 Å². The Labute approximate surface area is 94.6 Å². The molecule has 1 aliphatic heterocycles. The number of nitrogens with two attached hydrogens (primary N) is 1. The summed E-state index contributed by atoms with van der Waals surface area (Å²) in [6, 6.07) is 0. The molecule has 5 N–H and O–H groups in total. The van der Waals surface area contributed by atoms with Crippen LogP contribution in [0.1, 0.15) is 16.8 Å². The average Bonchev–Trinajstić information content (AvgIpc) is 2.86. The predicted molar refractivity (Wildman–Crippen MR) is 49.3 cm³/mol. The van der Waals surface area contributed by atoms with Gasteiger partial charge in [-0.25, -0.2) is 0 Å². The molecule has 0 saturated carbocycles. The SMILES string of the molecule is NC(=O)c1nnnn1C1OC(CO)C(O)C1O. The van der Waals surface area contributed by atoms with E-state index in [0.29, 0.717) is 0 Å². The number of hydrogen-bond donors (Lipinski definition) is 4. The van der Waals surface area contributed by atoms with Crippen LogP contribution in [-0.2, 0) is 4.74 Å². The van der Waals surface area contributed by atoms with Gasteiger partial charge in [-0.15, -0.1) is 5.10 Å². The monoisotopic (exact) mass is 245 g/mol. The Morgan fingerprint density at radius 1 is 1.47 bits per heavy atom. The molecule has 0 aromatic carbocycles. The quantitative estimate of drug-likeness (QED) is 0.425. The smallest absolute Gasteiger partial charge is 0.288 e. The van der Waals surface area contributed by atoms with E-state index >= 15 is 0 Å². The van der Waals surface area contributed by atoms with Gasteiger partial charge in [0, 0.05) is 0 Å². The summed E-state index contributed by atoms with van der Waals surface area (Å²) in [6.07, 6.45) is -4.80. The molecule has 0 bridgehead atoms. The minimum Gasteiger partial charge on any atom is -0.394 e. The van der Waals surface area contributed by atoms with Crippen molar-refractivity contribution in [1.29, 1.82) is 0 Å². The molecule has 2 heterocycles. The van der Waals surface area contributed by atoms with Crippen LogP contribution >= 0.6 is 0 Å². The molecule has 10 heteroatoms. The zero-order chi connectivity index (χ0) is 12.6. The molecule has 1 saturated heterocycles. The number of amides is 1. The van der Waals surface area contributed by atoms with Crippen LogP contribution in [0.2, 0.25) is 0 Å². The molecule has 10 nitrogen and oxygen atoms in total. The molecule has 0 radical (unpaired) electrons. The third kappa shape index (κ3) is 1.86. The number of nitrogens with zero attached hydrogens (tertiary/aromatic N) is 4. The zero-order valence-electron chi connectivity index (χ0n) is 8.54. The summed E-state index contributed by atoms with van der Waals surface area (Å²) in [5.41, 5.74) is 5.02. The number of tetrazole rings is 1. The number of hydrogen-bond acceptors (Lipinski definition) is 8. The van der Waals surface area contributed by atoms with Gasteiger partial charge in [-0.1, -0.05) is 0 Å². The molecule has 1 amide bonds. The molecule has 1 fully saturated rings. The standard InChI is InChI=1S/C7H11N5O5/c8-5(16)6-9-10-11-12(6)7-4(15)3(14)2(1-13)17-7/h2-4,7,13-15H,1H2,(H2,8,16). The normalized spacial score (nSPS) is 32.9. The lowest BCUT2D eigenvalue weighted by molar-refractivity contribution is -0.0602. The van der Waals surface area contributed by atoms with Crippen LogP contribution in [0.25, 0.3) is 0 Å². The molecular formula is C7H11N5O5. The lowest BCUT2D eigenvalue weighted by Gasteiger charge is -2.14. The topological polar surface area (TPSA) is 157 Å². The zero-order valence-corrected chi connectivity index (χ0v) is 8.54. The van der Waals surface area contributed by atoms with Crippen molar-refractivity contribution in [1.82, 2.24) is 20.2 Å². The average molecular weight is 245 g/mol. The van der Waals surface area contributed by atoms with Crippen LogP contribution in [0.3, 0.4) is 0 Å². The Balaban J connectivity index is 2.29. The van der Waals surface area contributed by atoms with Gasteiger partial charge in [-0.3, -0.25) is 4.79 Å². The van der Waals surface area contributed by atoms with Crippen LogP contribution in [0.4, 0.5) is 0 Å². The lowest BCUT2D eigenvalue weighted by Crippen LogP contribution is -2.34. The van der Waals surface area contributed by atoms with Crippen molar-refractivity contribution in [2.24, 2.45) is 5.73 Å². The largest absolute Gasteiger partial charge is 0.394 e. The molecular weight excluding hydrogens is 234 g/mol. The first-order valence-electron chi connectivity index (χ1n) is 4.76. The van der Waals surface area contributed by atoms with Crippen molar-refractivity contribution in [3.8, 4) is 0 Å². The molecule has 4 atom stereocenters. The van der Waals surface area contributed by atoms with Crippen LogP contribution in [0.5, 0.6) is 0 Å². The fourth-order valence-electron chi connectivity index (χ4n) is 1.61. The highest BCUT2D eigenvalue weighted by Gasteiger charge is 2.45. The maximum Gasteiger partial charge on any atom is 0.288 e. The van der Waals surface area contributed by atoms with Gasteiger partial charge < -0.3 is 25.8 Å². The third-order valence-corrected chi connectivity index (χ3v) is 2.47. The van der Waals surface area contributed by atoms with E-state index in [-0.39, 0.29) is 5.82 Å². The molecule has 1 aromatic rings. The number of primary amides is 1. The Kier molecular flexibility index (Phi) is 3.02. The van der Waals surface area contributed by atoms with Gasteiger partial charge in [-0.2, -0.15) is 4.68 Å². The lowest BCUT2D eigenvalue weighted by atomic mass is 10.1. The first-order valence-corrected chi connectivity index (χ1v) is 4.76. The fraction of sp³-hybridized carbons (Fsp3) is 0.714. The second-order valence-electron chi connectivity index (χ2n) is 3.54. The molecule has 0 spiro atoms. The van der Waals surface area contributed by atoms with Gasteiger partial charge in [0.15, 0.2) is 6.23 Å². The summed E-state index contributed by atoms with van der Waals surface area (Å²) in [7, 11) is 0. The summed E-state index contributed by atoms with van der Waals surface area (Å²) in [4.78, 5) is 11.0. The highest BCUT2D eigenvalue weighted by molar-refractivity contribution is 5.88. The number of aliphatic hydroxyl groups excluding tert-OH is 3. The van der Waals surface area contributed by atoms with Crippen molar-refractivity contribution >= 4 is 5.91 Å². The minimum absolute atomic E-state index is 0.306. The van der Waals surface area contributed by atoms with E-state index < -0.39 is 37.1 Å². The number of aliphatic hydroxyl groups is 3. The van der Waals surface area contributed by atoms with Gasteiger partial charge in [0.05, 0.1) is 6.61 Å². The summed E-state index contributed by atoms with van der Waals surface area (Å²) >= 11 is 0. The molecule has 17 heavy (non-hydrogen) atoms. The molecule has 1 aliphatic rings. The van der Waals surface area contributed by atoms with E-state index in [1.165, 1.54) is 0 Å². The highest BCUT2D eigenvalue weighted by Crippen LogP contribution is 2.28. The minimum atomic E-state index is -1.37. The molecule has 2 rings (SSSR count). The summed E-state index contributed by atoms with van der Waals surface area (Å²) in [5.74, 6) is -1.20. The van der Waals surface area contributed by atoms with Gasteiger partial charge in [0.1, 0.15) is 18.3 Å². The van der Waals surface area contributed by atoms with E-state index in [4.69, 9.17) is 15.6 Å². The summed E-state index contributed by atoms with van der Waals surface area (Å²) in [6.45, 7) is -0.483. The van der Waals surface area contributed by atoms with Crippen molar-refractivity contribution in [3.63, 3.8) is 0 Å². The number of aromatic nitrogens is 4. The first-order chi connectivity index (χ1) is 8.06. The van der Waals surface area contributed by atoms with Crippen molar-refractivity contribution in [3.05, 3.63) is 5.82 Å². The van der Waals surface area contributed by atoms with E-state index in [1.807, 2.05) is 0 Å². The van der Waals surface area contributed by atoms with Gasteiger partial charge in [0.2, 0.25) is 5.82 Å². The van der Waals surface area contributed by atoms with E-state index in [2.05, 4.69) is 15.5 Å². The van der Waals surface area contributed by atoms with Crippen molar-refractivity contribution in [2.75, 3.05) is 6.61 Å². The van der Waals surface area contributed by atoms with Crippen molar-refractivity contribution in [2.45, 2.75) is 24.5 Å². The van der Waals surface area contributed by atoms with Gasteiger partial charge >= 0.3 is 0 Å². The van der Waals surface area contributed by atoms with Crippen LogP contribution in [0.15, 0.2) is 0 Å². The molecule has 4 unspecified atom stereocenters. The number of rotatable bonds is 3. The second-order valence-corrected chi connectivity index (χ2v) is 3.54. The fourth-order valence-corrected chi connectivity index (χ4v) is 1.61. The van der Waals surface area contributed by atoms with E-state index in [9.17, 15) is 15.0 Å². The summed E-state index contributed by atoms with van der Waals surface area (Å²) < 4.78 is 6.00. The number of ether oxygens (including phenoxy) is 1. The van der Waals surface area contributed by atoms with Gasteiger partial charge in [0.25, 0.3) is 5.91 Å². The van der Waals surface area contributed by atoms with Crippen LogP contribution in [0, 0.1) is 0 Å². The highest BCUT2D eigenvalue weighted by atomic mass is 16.6. The van der Waals surface area contributed by atoms with Crippen LogP contribution < -0.4 is 5.73 Å². The predicted octanol–water partition coefficient (Wildman–Crippen LogP) is -3.62. The van der Waals surface area contributed by atoms with Crippen LogP contribution in [-0.4, -0.2) is 66.4 Å². The maximum atomic E-state index is 11.0. The first kappa shape index (κ1) is 11.9. The van der Waals surface area contributed by atoms with E-state index in [0.717, 1.165) is 4.68 Å². The van der Waals surface area contributed by atoms with Crippen molar-refractivity contribution < 1.29 is 24.9 Å². The Morgan fingerprint density at radius 2 is 2.18 bits per heavy atom. The number of carbonyl (C=O) groups is 1. The molecule has 94 valence electrons. The third-order valence-electron chi connectivity index (χ3n) is 2.47. The maximum absolute atomic E-state index is 11.0. The Morgan fingerprint density at radius 3 is 2.71 bits per heavy atom. The Bertz CT molecular complexity index is 423. The Hall–Kier alpha value is -1.62. The summed E-state index contributed by atoms with van der Waals surface area (Å²) in [5, 5.41) is 38.1. The second kappa shape index (κ2) is 4.33. The molecule has 1 aromatic heterocycles.